The molecule has 0 fully saturated rings. The Hall–Kier alpha value is -1.10. The van der Waals surface area contributed by atoms with Crippen LogP contribution in [0.3, 0.4) is 0 Å². The first-order valence-electron chi connectivity index (χ1n) is 10.4. The molecule has 4 aromatic carbocycles. The van der Waals surface area contributed by atoms with Crippen molar-refractivity contribution in [1.82, 2.24) is 0 Å². The molecule has 0 bridgehead atoms. The maximum absolute atomic E-state index is 7.91. The molecule has 0 radical (unpaired) electrons. The van der Waals surface area contributed by atoms with E-state index in [-0.39, 0.29) is 0 Å². The second kappa shape index (κ2) is 10.7. The van der Waals surface area contributed by atoms with Crippen LogP contribution in [0, 0.1) is 0 Å². The van der Waals surface area contributed by atoms with Gasteiger partial charge in [-0.25, -0.2) is 0 Å². The van der Waals surface area contributed by atoms with E-state index in [9.17, 15) is 0 Å². The van der Waals surface area contributed by atoms with Crippen LogP contribution in [-0.2, 0) is 21.6 Å². The molecule has 0 spiro atoms. The Bertz CT molecular complexity index is 992. The molecule has 0 saturated carbocycles. The normalized spacial score (nSPS) is 13.9. The summed E-state index contributed by atoms with van der Waals surface area (Å²) in [6.45, 7) is 0. The maximum atomic E-state index is 7.91. The van der Waals surface area contributed by atoms with Gasteiger partial charge in [-0.3, -0.25) is 0 Å². The van der Waals surface area contributed by atoms with Crippen LogP contribution in [0.5, 0.6) is 0 Å². The fourth-order valence-electron chi connectivity index (χ4n) is 4.15. The summed E-state index contributed by atoms with van der Waals surface area (Å²) < 4.78 is 13.2. The van der Waals surface area contributed by atoms with Gasteiger partial charge in [-0.15, -0.1) is 0 Å². The number of benzene rings is 4. The van der Waals surface area contributed by atoms with Crippen LogP contribution in [0.4, 0.5) is 0 Å². The number of rotatable bonds is 8. The Labute approximate surface area is 207 Å². The molecular weight excluding hydrogens is 584 g/mol. The third kappa shape index (κ3) is 4.15. The van der Waals surface area contributed by atoms with Crippen molar-refractivity contribution in [3.63, 3.8) is 0 Å². The van der Waals surface area contributed by atoms with Crippen molar-refractivity contribution >= 4 is 51.6 Å². The van der Waals surface area contributed by atoms with Crippen molar-refractivity contribution in [3.05, 3.63) is 121 Å². The molecule has 7 heteroatoms. The van der Waals surface area contributed by atoms with Gasteiger partial charge in [-0.1, -0.05) is 0 Å². The van der Waals surface area contributed by atoms with Crippen LogP contribution < -0.4 is 21.2 Å². The van der Waals surface area contributed by atoms with E-state index in [0.29, 0.717) is 0 Å². The molecule has 0 saturated heterocycles. The molecule has 0 heterocycles. The third-order valence-corrected chi connectivity index (χ3v) is 47.4. The summed E-state index contributed by atoms with van der Waals surface area (Å²) in [7, 11) is 19.3. The van der Waals surface area contributed by atoms with Crippen LogP contribution >= 0.6 is 30.4 Å². The molecule has 0 aliphatic carbocycles. The van der Waals surface area contributed by atoms with Crippen molar-refractivity contribution in [3.8, 4) is 0 Å². The van der Waals surface area contributed by atoms with E-state index in [4.69, 9.17) is 28.1 Å². The van der Waals surface area contributed by atoms with Gasteiger partial charge in [0.05, 0.1) is 0 Å². The van der Waals surface area contributed by atoms with Crippen LogP contribution in [0.1, 0.15) is 0 Å². The summed E-state index contributed by atoms with van der Waals surface area (Å²) >= 11 is -3.61. The zero-order chi connectivity index (χ0) is 23.4. The molecule has 4 aromatic rings. The van der Waals surface area contributed by atoms with Gasteiger partial charge in [0.25, 0.3) is 0 Å². The van der Waals surface area contributed by atoms with Crippen molar-refractivity contribution < 1.29 is 21.6 Å². The average molecular weight is 612 g/mol. The Balaban J connectivity index is 2.13. The summed E-state index contributed by atoms with van der Waals surface area (Å²) in [4.78, 5) is 0. The van der Waals surface area contributed by atoms with Gasteiger partial charge in [0, 0.05) is 0 Å². The van der Waals surface area contributed by atoms with Crippen LogP contribution in [0.15, 0.2) is 121 Å². The topological polar surface area (TPSA) is 18.5 Å². The molecule has 0 N–H and O–H groups in total. The molecule has 0 aromatic heterocycles. The van der Waals surface area contributed by atoms with Crippen molar-refractivity contribution in [2.75, 3.05) is 14.2 Å². The molecule has 0 aliphatic heterocycles. The van der Waals surface area contributed by atoms with Gasteiger partial charge in [0.2, 0.25) is 0 Å². The van der Waals surface area contributed by atoms with Crippen molar-refractivity contribution in [2.24, 2.45) is 0 Å². The summed E-state index contributed by atoms with van der Waals surface area (Å²) in [6, 6.07) is 41.0. The van der Waals surface area contributed by atoms with Crippen LogP contribution in [-0.4, -0.2) is 14.2 Å². The summed E-state index contributed by atoms with van der Waals surface area (Å²) in [5, 5.41) is 4.23. The van der Waals surface area contributed by atoms with Gasteiger partial charge in [-0.2, -0.15) is 0 Å². The van der Waals surface area contributed by atoms with Crippen LogP contribution in [0.2, 0.25) is 0 Å². The van der Waals surface area contributed by atoms with E-state index in [1.807, 2.05) is 72.8 Å². The monoisotopic (exact) mass is 610 g/mol. The van der Waals surface area contributed by atoms with Gasteiger partial charge in [0.1, 0.15) is 0 Å². The number of halogens is 2. The zero-order valence-corrected chi connectivity index (χ0v) is 23.5. The van der Waals surface area contributed by atoms with Gasteiger partial charge in [0.15, 0.2) is 0 Å². The Morgan fingerprint density at radius 3 is 0.848 bits per heavy atom. The first kappa shape index (κ1) is 25.0. The van der Waals surface area contributed by atoms with Crippen LogP contribution in [0.25, 0.3) is 0 Å². The number of hydrogen-bond acceptors (Lipinski definition) is 2. The van der Waals surface area contributed by atoms with E-state index in [1.54, 1.807) is 14.2 Å². The molecule has 33 heavy (non-hydrogen) atoms. The van der Waals surface area contributed by atoms with E-state index >= 15 is 0 Å². The van der Waals surface area contributed by atoms with Gasteiger partial charge in [-0.05, 0) is 0 Å². The van der Waals surface area contributed by atoms with E-state index < -0.39 is 23.9 Å². The molecule has 0 amide bonds. The average Bonchev–Trinajstić information content (AvgIpc) is 2.88. The predicted molar refractivity (Wildman–Crippen MR) is 147 cm³/mol. The summed E-state index contributed by atoms with van der Waals surface area (Å²) in [5.41, 5.74) is -6.31. The fraction of sp³-hybridized carbons (Fsp3) is 0.0769. The molecule has 0 aliphatic rings. The summed E-state index contributed by atoms with van der Waals surface area (Å²) in [6.07, 6.45) is 0. The first-order valence-corrected chi connectivity index (χ1v) is 22.5. The van der Waals surface area contributed by atoms with E-state index in [0.717, 1.165) is 21.2 Å². The predicted octanol–water partition coefficient (Wildman–Crippen LogP) is 6.20. The Kier molecular flexibility index (Phi) is 8.08. The molecule has 2 nitrogen and oxygen atoms in total. The van der Waals surface area contributed by atoms with E-state index in [2.05, 4.69) is 48.5 Å². The summed E-state index contributed by atoms with van der Waals surface area (Å²) in [5.74, 6) is 0. The molecule has 178 valence electrons. The fourth-order valence-corrected chi connectivity index (χ4v) is 51.9. The number of hydrogen-bond donors (Lipinski definition) is 0. The van der Waals surface area contributed by atoms with Gasteiger partial charge >= 0.3 is 209 Å². The Morgan fingerprint density at radius 2 is 0.667 bits per heavy atom. The molecule has 0 unspecified atom stereocenters. The second-order valence-electron chi connectivity index (χ2n) is 7.34. The first-order chi connectivity index (χ1) is 16.0. The molecule has 0 atom stereocenters. The van der Waals surface area contributed by atoms with Crippen molar-refractivity contribution in [2.45, 2.75) is 0 Å². The van der Waals surface area contributed by atoms with Crippen molar-refractivity contribution in [1.29, 1.82) is 0 Å². The molecular formula is C26H28Cl2O2P2Pd. The SMILES string of the molecule is CO[PH](c1ccccc1)(c1ccccc1)[Pd]([Cl])([Cl])[PH](OC)(c1ccccc1)c1ccccc1. The van der Waals surface area contributed by atoms with E-state index in [1.165, 1.54) is 0 Å². The Morgan fingerprint density at radius 1 is 0.455 bits per heavy atom. The molecule has 4 rings (SSSR count). The third-order valence-electron chi connectivity index (χ3n) is 5.61. The zero-order valence-electron chi connectivity index (χ0n) is 18.4. The van der Waals surface area contributed by atoms with Gasteiger partial charge < -0.3 is 0 Å². The minimum absolute atomic E-state index is 1.06. The minimum atomic E-state index is -3.61. The second-order valence-corrected chi connectivity index (χ2v) is 38.2. The standard InChI is InChI=1S/2C13H13OP.2ClH.Pd/c2*1-14-15(12-8-4-2-5-9-12)13-10-6-3-7-11-13;;;/h2*2-11H,1H3;2*1H;. The quantitative estimate of drug-likeness (QED) is 0.175.